The number of rotatable bonds is 4. The van der Waals surface area contributed by atoms with Crippen LogP contribution in [0.1, 0.15) is 23.2 Å². The van der Waals surface area contributed by atoms with Crippen LogP contribution in [0.4, 0.5) is 0 Å². The topological polar surface area (TPSA) is 54.5 Å². The molecule has 0 spiro atoms. The molecule has 7 heteroatoms. The Kier molecular flexibility index (Phi) is 4.43. The van der Waals surface area contributed by atoms with Crippen LogP contribution in [-0.2, 0) is 0 Å². The van der Waals surface area contributed by atoms with Crippen molar-refractivity contribution in [1.29, 1.82) is 0 Å². The monoisotopic (exact) mass is 363 g/mol. The molecule has 1 N–H and O–H groups in total. The van der Waals surface area contributed by atoms with Gasteiger partial charge in [-0.15, -0.1) is 0 Å². The molecular formula is C17H18ClN3O2S. The summed E-state index contributed by atoms with van der Waals surface area (Å²) in [4.78, 5) is 14.9. The summed E-state index contributed by atoms with van der Waals surface area (Å²) in [6.07, 6.45) is 2.38. The number of aromatic nitrogens is 1. The number of piperidine rings is 3. The lowest BCUT2D eigenvalue weighted by Crippen LogP contribution is -2.57. The Morgan fingerprint density at radius 3 is 2.62 bits per heavy atom. The lowest BCUT2D eigenvalue weighted by Gasteiger charge is -2.44. The zero-order chi connectivity index (χ0) is 16.5. The summed E-state index contributed by atoms with van der Waals surface area (Å²) >= 11 is 7.01. The third-order valence-corrected chi connectivity index (χ3v) is 5.65. The van der Waals surface area contributed by atoms with Crippen molar-refractivity contribution >= 4 is 29.0 Å². The number of benzene rings is 1. The van der Waals surface area contributed by atoms with Crippen molar-refractivity contribution in [2.75, 3.05) is 19.6 Å². The van der Waals surface area contributed by atoms with Crippen LogP contribution in [0.15, 0.2) is 30.3 Å². The van der Waals surface area contributed by atoms with Gasteiger partial charge in [-0.05, 0) is 67.6 Å². The highest BCUT2D eigenvalue weighted by molar-refractivity contribution is 7.10. The molecule has 126 valence electrons. The number of amides is 1. The van der Waals surface area contributed by atoms with Gasteiger partial charge in [0.1, 0.15) is 10.1 Å². The summed E-state index contributed by atoms with van der Waals surface area (Å²) in [6.45, 7) is 3.32. The van der Waals surface area contributed by atoms with Crippen LogP contribution in [0.5, 0.6) is 11.6 Å². The summed E-state index contributed by atoms with van der Waals surface area (Å²) < 4.78 is 10.3. The number of hydrogen-bond donors (Lipinski definition) is 1. The van der Waals surface area contributed by atoms with E-state index in [1.54, 1.807) is 30.3 Å². The number of carbonyl (C=O) groups is 1. The van der Waals surface area contributed by atoms with Gasteiger partial charge < -0.3 is 15.0 Å². The van der Waals surface area contributed by atoms with Gasteiger partial charge in [-0.1, -0.05) is 11.6 Å². The van der Waals surface area contributed by atoms with Gasteiger partial charge >= 0.3 is 0 Å². The number of nitrogens with one attached hydrogen (secondary N) is 1. The third-order valence-electron chi connectivity index (χ3n) is 4.77. The van der Waals surface area contributed by atoms with E-state index in [-0.39, 0.29) is 11.9 Å². The molecule has 24 heavy (non-hydrogen) atoms. The molecule has 1 aromatic heterocycles. The average molecular weight is 364 g/mol. The first-order valence-corrected chi connectivity index (χ1v) is 9.26. The molecule has 1 atom stereocenters. The van der Waals surface area contributed by atoms with Crippen molar-refractivity contribution in [3.63, 3.8) is 0 Å². The Bertz CT molecular complexity index is 726. The maximum absolute atomic E-state index is 12.5. The maximum Gasteiger partial charge on any atom is 0.251 e. The second-order valence-electron chi connectivity index (χ2n) is 6.31. The first kappa shape index (κ1) is 15.9. The molecule has 3 aliphatic heterocycles. The number of hydrogen-bond acceptors (Lipinski definition) is 5. The van der Waals surface area contributed by atoms with Crippen molar-refractivity contribution in [2.45, 2.75) is 18.9 Å². The SMILES string of the molecule is O=C(NC1CN2CCC1CC2)c1ccc(Oc2cc(Cl)sn2)cc1. The quantitative estimate of drug-likeness (QED) is 0.904. The van der Waals surface area contributed by atoms with E-state index in [4.69, 9.17) is 16.3 Å². The van der Waals surface area contributed by atoms with Crippen LogP contribution in [-0.4, -0.2) is 40.9 Å². The Labute approximate surface area is 149 Å². The van der Waals surface area contributed by atoms with Gasteiger partial charge in [-0.2, -0.15) is 4.37 Å². The summed E-state index contributed by atoms with van der Waals surface area (Å²) in [5, 5.41) is 3.19. The van der Waals surface area contributed by atoms with Crippen molar-refractivity contribution < 1.29 is 9.53 Å². The highest BCUT2D eigenvalue weighted by atomic mass is 35.5. The number of ether oxygens (including phenoxy) is 1. The van der Waals surface area contributed by atoms with Gasteiger partial charge in [-0.25, -0.2) is 0 Å². The molecular weight excluding hydrogens is 346 g/mol. The molecule has 2 bridgehead atoms. The minimum Gasteiger partial charge on any atom is -0.438 e. The van der Waals surface area contributed by atoms with Crippen LogP contribution in [0, 0.1) is 5.92 Å². The van der Waals surface area contributed by atoms with Gasteiger partial charge in [0.05, 0.1) is 0 Å². The molecule has 1 unspecified atom stereocenters. The first-order chi connectivity index (χ1) is 11.7. The fourth-order valence-electron chi connectivity index (χ4n) is 3.46. The number of halogens is 1. The zero-order valence-corrected chi connectivity index (χ0v) is 14.6. The third kappa shape index (κ3) is 3.41. The van der Waals surface area contributed by atoms with Crippen LogP contribution in [0.2, 0.25) is 4.34 Å². The molecule has 4 heterocycles. The summed E-state index contributed by atoms with van der Waals surface area (Å²) in [5.41, 5.74) is 0.648. The van der Waals surface area contributed by atoms with E-state index in [1.165, 1.54) is 37.5 Å². The Hall–Kier alpha value is -1.63. The number of carbonyl (C=O) groups excluding carboxylic acids is 1. The highest BCUT2D eigenvalue weighted by Crippen LogP contribution is 2.28. The van der Waals surface area contributed by atoms with E-state index in [0.717, 1.165) is 6.54 Å². The van der Waals surface area contributed by atoms with E-state index >= 15 is 0 Å². The van der Waals surface area contributed by atoms with Crippen LogP contribution < -0.4 is 10.1 Å². The number of fused-ring (bicyclic) bond motifs is 3. The summed E-state index contributed by atoms with van der Waals surface area (Å²) in [7, 11) is 0. The maximum atomic E-state index is 12.5. The molecule has 0 aliphatic carbocycles. The largest absolute Gasteiger partial charge is 0.438 e. The smallest absolute Gasteiger partial charge is 0.251 e. The Morgan fingerprint density at radius 2 is 2.04 bits per heavy atom. The lowest BCUT2D eigenvalue weighted by atomic mass is 9.84. The first-order valence-electron chi connectivity index (χ1n) is 8.11. The second-order valence-corrected chi connectivity index (χ2v) is 7.75. The molecule has 3 aliphatic rings. The lowest BCUT2D eigenvalue weighted by molar-refractivity contribution is 0.0620. The molecule has 1 amide bonds. The number of nitrogens with zero attached hydrogens (tertiary/aromatic N) is 2. The van der Waals surface area contributed by atoms with Crippen molar-refractivity contribution in [3.05, 3.63) is 40.2 Å². The molecule has 3 fully saturated rings. The van der Waals surface area contributed by atoms with Gasteiger partial charge in [0.2, 0.25) is 5.88 Å². The minimum absolute atomic E-state index is 0.0167. The Morgan fingerprint density at radius 1 is 1.29 bits per heavy atom. The van der Waals surface area contributed by atoms with Gasteiger partial charge in [0, 0.05) is 24.2 Å². The van der Waals surface area contributed by atoms with Gasteiger partial charge in [-0.3, -0.25) is 4.79 Å². The zero-order valence-electron chi connectivity index (χ0n) is 13.1. The van der Waals surface area contributed by atoms with E-state index in [9.17, 15) is 4.79 Å². The van der Waals surface area contributed by atoms with E-state index < -0.39 is 0 Å². The van der Waals surface area contributed by atoms with E-state index in [0.29, 0.717) is 27.4 Å². The molecule has 5 nitrogen and oxygen atoms in total. The van der Waals surface area contributed by atoms with Crippen molar-refractivity contribution in [3.8, 4) is 11.6 Å². The minimum atomic E-state index is -0.0167. The molecule has 1 aromatic carbocycles. The standard InChI is InChI=1S/C17H18ClN3O2S/c18-15-9-16(20-24-15)23-13-3-1-12(2-4-13)17(22)19-14-10-21-7-5-11(14)6-8-21/h1-4,9,11,14H,5-8,10H2,(H,19,22). The fraction of sp³-hybridized carbons (Fsp3) is 0.412. The molecule has 0 radical (unpaired) electrons. The van der Waals surface area contributed by atoms with Gasteiger partial charge in [0.25, 0.3) is 5.91 Å². The molecule has 3 saturated heterocycles. The van der Waals surface area contributed by atoms with Gasteiger partial charge in [0.15, 0.2) is 0 Å². The van der Waals surface area contributed by atoms with Crippen LogP contribution >= 0.6 is 23.1 Å². The van der Waals surface area contributed by atoms with Crippen LogP contribution in [0.3, 0.4) is 0 Å². The highest BCUT2D eigenvalue weighted by Gasteiger charge is 2.34. The fourth-order valence-corrected chi connectivity index (χ4v) is 4.08. The van der Waals surface area contributed by atoms with E-state index in [2.05, 4.69) is 14.6 Å². The molecule has 5 rings (SSSR count). The molecule has 0 saturated carbocycles. The summed E-state index contributed by atoms with van der Waals surface area (Å²) in [5.74, 6) is 1.71. The predicted octanol–water partition coefficient (Wildman–Crippen LogP) is 3.41. The Balaban J connectivity index is 1.38. The average Bonchev–Trinajstić information content (AvgIpc) is 3.01. The van der Waals surface area contributed by atoms with Crippen LogP contribution in [0.25, 0.3) is 0 Å². The normalized spacial score (nSPS) is 25.5. The predicted molar refractivity (Wildman–Crippen MR) is 94.1 cm³/mol. The van der Waals surface area contributed by atoms with Crippen molar-refractivity contribution in [2.24, 2.45) is 5.92 Å². The summed E-state index contributed by atoms with van der Waals surface area (Å²) in [6, 6.07) is 9.05. The second kappa shape index (κ2) is 6.70. The van der Waals surface area contributed by atoms with Crippen molar-refractivity contribution in [1.82, 2.24) is 14.6 Å². The van der Waals surface area contributed by atoms with E-state index in [1.807, 2.05) is 0 Å². The molecule has 2 aromatic rings.